The molecule has 1 aromatic rings. The van der Waals surface area contributed by atoms with Crippen LogP contribution in [0.4, 0.5) is 5.69 Å². The summed E-state index contributed by atoms with van der Waals surface area (Å²) in [6.45, 7) is 6.34. The van der Waals surface area contributed by atoms with E-state index in [0.29, 0.717) is 71.6 Å². The van der Waals surface area contributed by atoms with E-state index in [9.17, 15) is 14.9 Å². The third-order valence-electron chi connectivity index (χ3n) is 7.14. The molecule has 0 unspecified atom stereocenters. The zero-order valence-electron chi connectivity index (χ0n) is 27.3. The molecular weight excluding hydrogens is 566 g/mol. The first-order valence-corrected chi connectivity index (χ1v) is 17.0. The SMILES string of the molecule is CCCCCCCCCCCCCCCCCC(=O)OCCOCCOCCOCCOCCOc1ccc([N+](=O)[O-])cc1. The third kappa shape index (κ3) is 26.2. The van der Waals surface area contributed by atoms with Crippen molar-refractivity contribution in [3.05, 3.63) is 34.4 Å². The third-order valence-corrected chi connectivity index (χ3v) is 7.14. The molecular formula is C34H59NO9. The molecule has 0 aliphatic carbocycles. The number of rotatable bonds is 33. The van der Waals surface area contributed by atoms with Gasteiger partial charge in [0.05, 0.1) is 57.8 Å². The maximum absolute atomic E-state index is 11.8. The molecule has 10 nitrogen and oxygen atoms in total. The second kappa shape index (κ2) is 30.7. The van der Waals surface area contributed by atoms with E-state index in [4.69, 9.17) is 28.4 Å². The summed E-state index contributed by atoms with van der Waals surface area (Å²) in [5.41, 5.74) is 0.0283. The number of carbonyl (C=O) groups is 1. The lowest BCUT2D eigenvalue weighted by Gasteiger charge is -2.09. The Morgan fingerprint density at radius 1 is 0.568 bits per heavy atom. The molecule has 0 amide bonds. The Morgan fingerprint density at radius 3 is 1.39 bits per heavy atom. The molecule has 0 radical (unpaired) electrons. The Kier molecular flexibility index (Phi) is 27.8. The minimum absolute atomic E-state index is 0.0283. The molecule has 44 heavy (non-hydrogen) atoms. The number of nitro benzene ring substituents is 1. The van der Waals surface area contributed by atoms with Crippen LogP contribution in [-0.2, 0) is 28.5 Å². The van der Waals surface area contributed by atoms with Crippen LogP contribution < -0.4 is 4.74 Å². The molecule has 254 valence electrons. The van der Waals surface area contributed by atoms with Crippen LogP contribution in [0.5, 0.6) is 5.75 Å². The van der Waals surface area contributed by atoms with E-state index in [2.05, 4.69) is 6.92 Å². The Balaban J connectivity index is 1.71. The smallest absolute Gasteiger partial charge is 0.305 e. The summed E-state index contributed by atoms with van der Waals surface area (Å²) in [4.78, 5) is 22.0. The Morgan fingerprint density at radius 2 is 0.955 bits per heavy atom. The molecule has 1 rings (SSSR count). The van der Waals surface area contributed by atoms with Gasteiger partial charge in [-0.3, -0.25) is 14.9 Å². The largest absolute Gasteiger partial charge is 0.491 e. The zero-order chi connectivity index (χ0) is 31.8. The van der Waals surface area contributed by atoms with E-state index >= 15 is 0 Å². The minimum atomic E-state index is -0.449. The van der Waals surface area contributed by atoms with Crippen molar-refractivity contribution in [3.8, 4) is 5.75 Å². The standard InChI is InChI=1S/C34H59NO9/c1-2-3-4-5-6-7-8-9-10-11-12-13-14-15-16-17-34(36)44-31-29-42-27-25-40-23-22-39-24-26-41-28-30-43-33-20-18-32(19-21-33)35(37)38/h18-21H,2-17,22-31H2,1H3. The fourth-order valence-corrected chi connectivity index (χ4v) is 4.57. The van der Waals surface area contributed by atoms with Gasteiger partial charge in [-0.25, -0.2) is 0 Å². The van der Waals surface area contributed by atoms with Gasteiger partial charge in [0.25, 0.3) is 5.69 Å². The molecule has 0 spiro atoms. The first-order chi connectivity index (χ1) is 21.6. The van der Waals surface area contributed by atoms with Crippen molar-refractivity contribution in [2.75, 3.05) is 66.1 Å². The monoisotopic (exact) mass is 625 g/mol. The molecule has 1 aromatic carbocycles. The molecule has 0 atom stereocenters. The lowest BCUT2D eigenvalue weighted by atomic mass is 10.0. The first-order valence-electron chi connectivity index (χ1n) is 17.0. The molecule has 0 heterocycles. The van der Waals surface area contributed by atoms with Crippen molar-refractivity contribution >= 4 is 11.7 Å². The van der Waals surface area contributed by atoms with Gasteiger partial charge >= 0.3 is 5.97 Å². The highest BCUT2D eigenvalue weighted by Gasteiger charge is 2.05. The average molecular weight is 626 g/mol. The van der Waals surface area contributed by atoms with Crippen molar-refractivity contribution in [2.24, 2.45) is 0 Å². The molecule has 0 bridgehead atoms. The summed E-state index contributed by atoms with van der Waals surface area (Å²) in [6.07, 6.45) is 20.1. The van der Waals surface area contributed by atoms with Gasteiger partial charge in [-0.2, -0.15) is 0 Å². The van der Waals surface area contributed by atoms with Crippen molar-refractivity contribution < 1.29 is 38.1 Å². The van der Waals surface area contributed by atoms with E-state index in [1.165, 1.54) is 95.6 Å². The normalized spacial score (nSPS) is 11.1. The van der Waals surface area contributed by atoms with Gasteiger partial charge < -0.3 is 28.4 Å². The number of benzene rings is 1. The molecule has 10 heteroatoms. The fourth-order valence-electron chi connectivity index (χ4n) is 4.57. The highest BCUT2D eigenvalue weighted by molar-refractivity contribution is 5.69. The Bertz CT molecular complexity index is 791. The van der Waals surface area contributed by atoms with Crippen LogP contribution in [0.1, 0.15) is 110 Å². The van der Waals surface area contributed by atoms with Crippen molar-refractivity contribution in [3.63, 3.8) is 0 Å². The number of nitrogens with zero attached hydrogens (tertiary/aromatic N) is 1. The van der Waals surface area contributed by atoms with Crippen LogP contribution in [0.15, 0.2) is 24.3 Å². The Labute approximate surface area is 265 Å². The van der Waals surface area contributed by atoms with Gasteiger partial charge in [0.2, 0.25) is 0 Å². The van der Waals surface area contributed by atoms with Gasteiger partial charge in [-0.15, -0.1) is 0 Å². The fraction of sp³-hybridized carbons (Fsp3) is 0.794. The Hall–Kier alpha value is -2.27. The number of non-ortho nitro benzene ring substituents is 1. The van der Waals surface area contributed by atoms with Crippen LogP contribution in [-0.4, -0.2) is 77.0 Å². The van der Waals surface area contributed by atoms with E-state index in [0.717, 1.165) is 12.8 Å². The quantitative estimate of drug-likeness (QED) is 0.0333. The molecule has 0 saturated carbocycles. The summed E-state index contributed by atoms with van der Waals surface area (Å²) in [5.74, 6) is 0.417. The highest BCUT2D eigenvalue weighted by Crippen LogP contribution is 2.17. The summed E-state index contributed by atoms with van der Waals surface area (Å²) < 4.78 is 32.5. The van der Waals surface area contributed by atoms with Crippen molar-refractivity contribution in [1.82, 2.24) is 0 Å². The van der Waals surface area contributed by atoms with Crippen LogP contribution >= 0.6 is 0 Å². The topological polar surface area (TPSA) is 116 Å². The lowest BCUT2D eigenvalue weighted by molar-refractivity contribution is -0.384. The summed E-state index contributed by atoms with van der Waals surface area (Å²) >= 11 is 0. The van der Waals surface area contributed by atoms with E-state index in [1.54, 1.807) is 12.1 Å². The van der Waals surface area contributed by atoms with Crippen LogP contribution in [0.2, 0.25) is 0 Å². The summed E-state index contributed by atoms with van der Waals surface area (Å²) in [7, 11) is 0. The van der Waals surface area contributed by atoms with Gasteiger partial charge in [0.1, 0.15) is 19.0 Å². The minimum Gasteiger partial charge on any atom is -0.491 e. The average Bonchev–Trinajstić information content (AvgIpc) is 3.03. The van der Waals surface area contributed by atoms with Crippen LogP contribution in [0.3, 0.4) is 0 Å². The molecule has 0 saturated heterocycles. The number of hydrogen-bond acceptors (Lipinski definition) is 9. The van der Waals surface area contributed by atoms with Crippen LogP contribution in [0, 0.1) is 10.1 Å². The van der Waals surface area contributed by atoms with Crippen molar-refractivity contribution in [1.29, 1.82) is 0 Å². The number of ether oxygens (including phenoxy) is 6. The summed E-state index contributed by atoms with van der Waals surface area (Å²) in [5, 5.41) is 10.6. The van der Waals surface area contributed by atoms with E-state index < -0.39 is 4.92 Å². The molecule has 0 fully saturated rings. The zero-order valence-corrected chi connectivity index (χ0v) is 27.3. The number of carbonyl (C=O) groups excluding carboxylic acids is 1. The van der Waals surface area contributed by atoms with E-state index in [-0.39, 0.29) is 18.3 Å². The number of nitro groups is 1. The molecule has 0 aliphatic rings. The first kappa shape index (κ1) is 39.8. The number of unbranched alkanes of at least 4 members (excludes halogenated alkanes) is 14. The van der Waals surface area contributed by atoms with Gasteiger partial charge in [-0.05, 0) is 18.6 Å². The number of hydrogen-bond donors (Lipinski definition) is 0. The van der Waals surface area contributed by atoms with Crippen molar-refractivity contribution in [2.45, 2.75) is 110 Å². The second-order valence-corrected chi connectivity index (χ2v) is 11.0. The van der Waals surface area contributed by atoms with Gasteiger partial charge in [0.15, 0.2) is 0 Å². The molecule has 0 aromatic heterocycles. The number of esters is 1. The maximum Gasteiger partial charge on any atom is 0.305 e. The second-order valence-electron chi connectivity index (χ2n) is 11.0. The predicted molar refractivity (Wildman–Crippen MR) is 172 cm³/mol. The van der Waals surface area contributed by atoms with Crippen LogP contribution in [0.25, 0.3) is 0 Å². The maximum atomic E-state index is 11.8. The van der Waals surface area contributed by atoms with E-state index in [1.807, 2.05) is 0 Å². The highest BCUT2D eigenvalue weighted by atomic mass is 16.6. The molecule has 0 aliphatic heterocycles. The van der Waals surface area contributed by atoms with Gasteiger partial charge in [0, 0.05) is 18.6 Å². The van der Waals surface area contributed by atoms with Gasteiger partial charge in [-0.1, -0.05) is 96.8 Å². The lowest BCUT2D eigenvalue weighted by Crippen LogP contribution is -2.15. The predicted octanol–water partition coefficient (Wildman–Crippen LogP) is 7.84. The summed E-state index contributed by atoms with van der Waals surface area (Å²) in [6, 6.07) is 5.92. The molecule has 0 N–H and O–H groups in total.